The third kappa shape index (κ3) is 4.44. The summed E-state index contributed by atoms with van der Waals surface area (Å²) in [5, 5.41) is 10.2. The lowest BCUT2D eigenvalue weighted by molar-refractivity contribution is 0.108. The Morgan fingerprint density at radius 2 is 2.24 bits per heavy atom. The number of carbonyl (C=O) groups excluding carboxylic acids is 1. The Morgan fingerprint density at radius 3 is 3.05 bits per heavy atom. The topological polar surface area (TPSA) is 77.4 Å². The fourth-order valence-electron chi connectivity index (χ4n) is 2.46. The van der Waals surface area contributed by atoms with E-state index in [2.05, 4.69) is 15.7 Å². The smallest absolute Gasteiger partial charge is 0.314 e. The van der Waals surface area contributed by atoms with Crippen LogP contribution < -0.4 is 10.6 Å². The quantitative estimate of drug-likeness (QED) is 0.713. The molecule has 118 valence electrons. The molecule has 0 radical (unpaired) electrons. The highest BCUT2D eigenvalue weighted by Crippen LogP contribution is 2.20. The Morgan fingerprint density at radius 1 is 1.43 bits per heavy atom. The van der Waals surface area contributed by atoms with Crippen LogP contribution in [0.1, 0.15) is 23.4 Å². The predicted molar refractivity (Wildman–Crippen MR) is 78.2 cm³/mol. The minimum absolute atomic E-state index is 0.146. The molecule has 1 aromatic rings. The molecule has 0 spiro atoms. The van der Waals surface area contributed by atoms with E-state index in [0.29, 0.717) is 26.3 Å². The van der Waals surface area contributed by atoms with E-state index in [1.54, 1.807) is 7.11 Å². The predicted octanol–water partition coefficient (Wildman–Crippen LogP) is 0.371. The molecule has 7 heteroatoms. The molecule has 0 saturated heterocycles. The number of hydrogen-bond donors (Lipinski definition) is 2. The number of ether oxygens (including phenoxy) is 2. The largest absolute Gasteiger partial charge is 0.385 e. The number of nitrogens with zero attached hydrogens (tertiary/aromatic N) is 2. The minimum atomic E-state index is -0.146. The maximum Gasteiger partial charge on any atom is 0.314 e. The van der Waals surface area contributed by atoms with Gasteiger partial charge in [0.1, 0.15) is 0 Å². The second-order valence-electron chi connectivity index (χ2n) is 5.08. The lowest BCUT2D eigenvalue weighted by Gasteiger charge is -2.13. The van der Waals surface area contributed by atoms with Crippen LogP contribution in [-0.2, 0) is 36.0 Å². The van der Waals surface area contributed by atoms with Crippen molar-refractivity contribution < 1.29 is 14.3 Å². The molecule has 1 aliphatic heterocycles. The van der Waals surface area contributed by atoms with Gasteiger partial charge in [0.25, 0.3) is 0 Å². The molecule has 1 aromatic heterocycles. The number of methoxy groups -OCH3 is 1. The summed E-state index contributed by atoms with van der Waals surface area (Å²) in [4.78, 5) is 11.6. The summed E-state index contributed by atoms with van der Waals surface area (Å²) < 4.78 is 12.3. The van der Waals surface area contributed by atoms with E-state index in [1.165, 1.54) is 11.3 Å². The van der Waals surface area contributed by atoms with Crippen LogP contribution in [-0.4, -0.2) is 49.2 Å². The molecule has 1 aliphatic rings. The molecule has 0 saturated carbocycles. The number of aromatic nitrogens is 2. The summed E-state index contributed by atoms with van der Waals surface area (Å²) in [5.41, 5.74) is 3.46. The number of carbonyl (C=O) groups is 1. The van der Waals surface area contributed by atoms with Crippen molar-refractivity contribution in [2.45, 2.75) is 25.9 Å². The normalized spacial score (nSPS) is 13.8. The molecule has 2 N–H and O–H groups in total. The van der Waals surface area contributed by atoms with Gasteiger partial charge in [-0.15, -0.1) is 0 Å². The first-order chi connectivity index (χ1) is 10.2. The first kappa shape index (κ1) is 15.8. The second-order valence-corrected chi connectivity index (χ2v) is 5.08. The standard InChI is InChI=1S/C14H24N4O3/c1-18-13-5-9-21-10-11(13)12(17-18)4-7-16-14(19)15-6-3-8-20-2/h3-10H2,1-2H3,(H2,15,16,19). The maximum atomic E-state index is 11.6. The molecule has 0 bridgehead atoms. The lowest BCUT2D eigenvalue weighted by Crippen LogP contribution is -2.37. The number of fused-ring (bicyclic) bond motifs is 1. The van der Waals surface area contributed by atoms with Gasteiger partial charge in [0, 0.05) is 58.0 Å². The molecule has 0 aliphatic carbocycles. The summed E-state index contributed by atoms with van der Waals surface area (Å²) in [6.07, 6.45) is 2.44. The van der Waals surface area contributed by atoms with E-state index in [-0.39, 0.29) is 6.03 Å². The molecule has 0 fully saturated rings. The molecule has 2 amide bonds. The molecule has 2 rings (SSSR count). The molecule has 0 unspecified atom stereocenters. The van der Waals surface area contributed by atoms with Crippen LogP contribution in [0, 0.1) is 0 Å². The molecule has 21 heavy (non-hydrogen) atoms. The molecule has 0 aromatic carbocycles. The van der Waals surface area contributed by atoms with Crippen LogP contribution in [0.4, 0.5) is 4.79 Å². The first-order valence-corrected chi connectivity index (χ1v) is 7.34. The average Bonchev–Trinajstić information content (AvgIpc) is 2.81. The van der Waals surface area contributed by atoms with E-state index >= 15 is 0 Å². The van der Waals surface area contributed by atoms with Crippen molar-refractivity contribution in [1.29, 1.82) is 0 Å². The third-order valence-corrected chi connectivity index (χ3v) is 3.55. The summed E-state index contributed by atoms with van der Waals surface area (Å²) in [5.74, 6) is 0. The highest BCUT2D eigenvalue weighted by atomic mass is 16.5. The van der Waals surface area contributed by atoms with E-state index in [4.69, 9.17) is 9.47 Å². The Labute approximate surface area is 125 Å². The molecular weight excluding hydrogens is 272 g/mol. The van der Waals surface area contributed by atoms with Gasteiger partial charge in [0.15, 0.2) is 0 Å². The highest BCUT2D eigenvalue weighted by Gasteiger charge is 2.19. The zero-order valence-electron chi connectivity index (χ0n) is 12.8. The fraction of sp³-hybridized carbons (Fsp3) is 0.714. The van der Waals surface area contributed by atoms with Gasteiger partial charge in [0.2, 0.25) is 0 Å². The fourth-order valence-corrected chi connectivity index (χ4v) is 2.46. The average molecular weight is 296 g/mol. The van der Waals surface area contributed by atoms with E-state index in [1.807, 2.05) is 11.7 Å². The van der Waals surface area contributed by atoms with Crippen molar-refractivity contribution in [2.75, 3.05) is 33.4 Å². The van der Waals surface area contributed by atoms with E-state index < -0.39 is 0 Å². The van der Waals surface area contributed by atoms with Gasteiger partial charge in [-0.1, -0.05) is 0 Å². The summed E-state index contributed by atoms with van der Waals surface area (Å²) in [6.45, 7) is 3.22. The Balaban J connectivity index is 1.72. The monoisotopic (exact) mass is 296 g/mol. The van der Waals surface area contributed by atoms with Crippen molar-refractivity contribution in [3.63, 3.8) is 0 Å². The lowest BCUT2D eigenvalue weighted by atomic mass is 10.1. The number of urea groups is 1. The summed E-state index contributed by atoms with van der Waals surface area (Å²) in [6, 6.07) is -0.146. The number of hydrogen-bond acceptors (Lipinski definition) is 4. The van der Waals surface area contributed by atoms with Crippen molar-refractivity contribution >= 4 is 6.03 Å². The molecule has 7 nitrogen and oxygen atoms in total. The first-order valence-electron chi connectivity index (χ1n) is 7.34. The van der Waals surface area contributed by atoms with Crippen LogP contribution >= 0.6 is 0 Å². The van der Waals surface area contributed by atoms with Crippen LogP contribution in [0.3, 0.4) is 0 Å². The Kier molecular flexibility index (Phi) is 6.01. The van der Waals surface area contributed by atoms with Crippen molar-refractivity contribution in [2.24, 2.45) is 7.05 Å². The summed E-state index contributed by atoms with van der Waals surface area (Å²) >= 11 is 0. The second kappa shape index (κ2) is 7.99. The van der Waals surface area contributed by atoms with Crippen LogP contribution in [0.2, 0.25) is 0 Å². The van der Waals surface area contributed by atoms with E-state index in [9.17, 15) is 4.79 Å². The van der Waals surface area contributed by atoms with Gasteiger partial charge in [-0.2, -0.15) is 5.10 Å². The number of rotatable bonds is 7. The van der Waals surface area contributed by atoms with Crippen LogP contribution in [0.15, 0.2) is 0 Å². The van der Waals surface area contributed by atoms with Crippen molar-refractivity contribution in [1.82, 2.24) is 20.4 Å². The number of aryl methyl sites for hydroxylation is 1. The van der Waals surface area contributed by atoms with Gasteiger partial charge in [-0.3, -0.25) is 4.68 Å². The zero-order chi connectivity index (χ0) is 15.1. The molecule has 2 heterocycles. The SMILES string of the molecule is COCCCNC(=O)NCCc1nn(C)c2c1COCC2. The van der Waals surface area contributed by atoms with Crippen molar-refractivity contribution in [3.8, 4) is 0 Å². The third-order valence-electron chi connectivity index (χ3n) is 3.55. The molecular formula is C14H24N4O3. The van der Waals surface area contributed by atoms with Gasteiger partial charge in [-0.25, -0.2) is 4.79 Å². The van der Waals surface area contributed by atoms with Gasteiger partial charge >= 0.3 is 6.03 Å². The zero-order valence-corrected chi connectivity index (χ0v) is 12.8. The maximum absolute atomic E-state index is 11.6. The highest BCUT2D eigenvalue weighted by molar-refractivity contribution is 5.73. The number of amides is 2. The Hall–Kier alpha value is -1.60. The van der Waals surface area contributed by atoms with Gasteiger partial charge in [-0.05, 0) is 6.42 Å². The van der Waals surface area contributed by atoms with Crippen LogP contribution in [0.5, 0.6) is 0 Å². The van der Waals surface area contributed by atoms with E-state index in [0.717, 1.165) is 31.6 Å². The number of nitrogens with one attached hydrogen (secondary N) is 2. The van der Waals surface area contributed by atoms with Gasteiger partial charge < -0.3 is 20.1 Å². The van der Waals surface area contributed by atoms with Gasteiger partial charge in [0.05, 0.1) is 18.9 Å². The minimum Gasteiger partial charge on any atom is -0.385 e. The van der Waals surface area contributed by atoms with Crippen LogP contribution in [0.25, 0.3) is 0 Å². The van der Waals surface area contributed by atoms with Crippen molar-refractivity contribution in [3.05, 3.63) is 17.0 Å². The Bertz CT molecular complexity index is 473. The summed E-state index contributed by atoms with van der Waals surface area (Å²) in [7, 11) is 3.61. The molecule has 0 atom stereocenters.